The predicted octanol–water partition coefficient (Wildman–Crippen LogP) is 4.92. The molecule has 1 atom stereocenters. The molecule has 0 unspecified atom stereocenters. The predicted molar refractivity (Wildman–Crippen MR) is 158 cm³/mol. The highest BCUT2D eigenvalue weighted by atomic mass is 32.2. The monoisotopic (exact) mass is 565 g/mol. The third-order valence-corrected chi connectivity index (χ3v) is 8.06. The van der Waals surface area contributed by atoms with Gasteiger partial charge in [0, 0.05) is 12.1 Å². The fraction of sp³-hybridized carbons (Fsp3) is 0.355. The molecule has 214 valence electrons. The van der Waals surface area contributed by atoms with Gasteiger partial charge in [-0.3, -0.25) is 13.9 Å². The molecule has 40 heavy (non-hydrogen) atoms. The average molecular weight is 566 g/mol. The summed E-state index contributed by atoms with van der Waals surface area (Å²) in [5.41, 5.74) is 1.45. The van der Waals surface area contributed by atoms with E-state index in [1.54, 1.807) is 55.6 Å². The maximum atomic E-state index is 14.1. The molecule has 3 rings (SSSR count). The molecule has 1 N–H and O–H groups in total. The lowest BCUT2D eigenvalue weighted by atomic mass is 10.1. The van der Waals surface area contributed by atoms with Crippen LogP contribution in [0.4, 0.5) is 5.69 Å². The lowest BCUT2D eigenvalue weighted by Crippen LogP contribution is -2.55. The van der Waals surface area contributed by atoms with E-state index in [4.69, 9.17) is 4.74 Å². The number of hydrogen-bond donors (Lipinski definition) is 1. The van der Waals surface area contributed by atoms with Crippen LogP contribution in [0.15, 0.2) is 83.8 Å². The number of aryl methyl sites for hydroxylation is 1. The van der Waals surface area contributed by atoms with Crippen LogP contribution in [0.1, 0.15) is 45.2 Å². The van der Waals surface area contributed by atoms with Gasteiger partial charge in [0.05, 0.1) is 17.7 Å². The second kappa shape index (κ2) is 13.0. The number of rotatable bonds is 11. The quantitative estimate of drug-likeness (QED) is 0.356. The Morgan fingerprint density at radius 3 is 2.23 bits per heavy atom. The number of methoxy groups -OCH3 is 1. The smallest absolute Gasteiger partial charge is 0.264 e. The first kappa shape index (κ1) is 30.7. The van der Waals surface area contributed by atoms with Gasteiger partial charge >= 0.3 is 0 Å². The fourth-order valence-electron chi connectivity index (χ4n) is 4.37. The molecular formula is C31H39N3O5S. The molecule has 0 aliphatic heterocycles. The highest BCUT2D eigenvalue weighted by Gasteiger charge is 2.34. The van der Waals surface area contributed by atoms with E-state index in [-0.39, 0.29) is 17.3 Å². The van der Waals surface area contributed by atoms with Crippen LogP contribution in [0.25, 0.3) is 0 Å². The van der Waals surface area contributed by atoms with E-state index in [2.05, 4.69) is 5.32 Å². The van der Waals surface area contributed by atoms with Crippen LogP contribution >= 0.6 is 0 Å². The Bertz CT molecular complexity index is 1420. The normalized spacial score (nSPS) is 12.3. The summed E-state index contributed by atoms with van der Waals surface area (Å²) in [5, 5.41) is 2.97. The first-order valence-corrected chi connectivity index (χ1v) is 14.7. The van der Waals surface area contributed by atoms with Crippen LogP contribution in [0.2, 0.25) is 0 Å². The number of amides is 2. The third-order valence-electron chi connectivity index (χ3n) is 6.27. The molecule has 0 radical (unpaired) electrons. The van der Waals surface area contributed by atoms with Gasteiger partial charge in [0.2, 0.25) is 11.8 Å². The number of sulfonamides is 1. The summed E-state index contributed by atoms with van der Waals surface area (Å²) in [6.07, 6.45) is 0.341. The number of nitrogens with zero attached hydrogens (tertiary/aromatic N) is 2. The molecular weight excluding hydrogens is 526 g/mol. The molecule has 0 fully saturated rings. The van der Waals surface area contributed by atoms with E-state index >= 15 is 0 Å². The van der Waals surface area contributed by atoms with Crippen molar-refractivity contribution >= 4 is 27.5 Å². The Morgan fingerprint density at radius 2 is 1.62 bits per heavy atom. The van der Waals surface area contributed by atoms with Gasteiger partial charge in [-0.25, -0.2) is 8.42 Å². The van der Waals surface area contributed by atoms with Crippen molar-refractivity contribution in [1.29, 1.82) is 0 Å². The first-order valence-electron chi connectivity index (χ1n) is 13.2. The maximum absolute atomic E-state index is 14.1. The van der Waals surface area contributed by atoms with Gasteiger partial charge in [-0.1, -0.05) is 49.4 Å². The number of anilines is 1. The molecule has 8 nitrogen and oxygen atoms in total. The molecule has 0 bridgehead atoms. The Labute approximate surface area is 238 Å². The number of carbonyl (C=O) groups is 2. The Hall–Kier alpha value is -3.85. The summed E-state index contributed by atoms with van der Waals surface area (Å²) in [6, 6.07) is 21.4. The van der Waals surface area contributed by atoms with Crippen molar-refractivity contribution in [3.8, 4) is 5.75 Å². The van der Waals surface area contributed by atoms with Crippen LogP contribution in [-0.2, 0) is 26.2 Å². The molecule has 3 aromatic rings. The zero-order chi connectivity index (χ0) is 29.5. The second-order valence-corrected chi connectivity index (χ2v) is 12.6. The van der Waals surface area contributed by atoms with Crippen LogP contribution in [-0.4, -0.2) is 50.4 Å². The Balaban J connectivity index is 2.07. The molecule has 0 heterocycles. The van der Waals surface area contributed by atoms with Crippen molar-refractivity contribution < 1.29 is 22.7 Å². The number of hydrogen-bond acceptors (Lipinski definition) is 5. The molecule has 0 aliphatic rings. The van der Waals surface area contributed by atoms with Crippen molar-refractivity contribution in [2.24, 2.45) is 0 Å². The first-order chi connectivity index (χ1) is 18.9. The van der Waals surface area contributed by atoms with E-state index in [1.165, 1.54) is 17.0 Å². The zero-order valence-corrected chi connectivity index (χ0v) is 24.9. The molecule has 9 heteroatoms. The van der Waals surface area contributed by atoms with E-state index in [1.807, 2.05) is 52.8 Å². The van der Waals surface area contributed by atoms with E-state index in [0.717, 1.165) is 15.4 Å². The van der Waals surface area contributed by atoms with Gasteiger partial charge in [0.15, 0.2) is 0 Å². The molecule has 0 saturated heterocycles. The van der Waals surface area contributed by atoms with E-state index in [0.29, 0.717) is 17.9 Å². The van der Waals surface area contributed by atoms with Crippen molar-refractivity contribution in [2.45, 2.75) is 64.1 Å². The fourth-order valence-corrected chi connectivity index (χ4v) is 5.80. The maximum Gasteiger partial charge on any atom is 0.264 e. The summed E-state index contributed by atoms with van der Waals surface area (Å²) < 4.78 is 34.2. The lowest BCUT2D eigenvalue weighted by molar-refractivity contribution is -0.141. The lowest BCUT2D eigenvalue weighted by Gasteiger charge is -2.35. The zero-order valence-electron chi connectivity index (χ0n) is 24.0. The largest absolute Gasteiger partial charge is 0.497 e. The van der Waals surface area contributed by atoms with E-state index in [9.17, 15) is 18.0 Å². The number of ether oxygens (including phenoxy) is 1. The summed E-state index contributed by atoms with van der Waals surface area (Å²) in [7, 11) is -2.54. The van der Waals surface area contributed by atoms with Gasteiger partial charge < -0.3 is 15.0 Å². The van der Waals surface area contributed by atoms with Crippen LogP contribution in [0, 0.1) is 6.92 Å². The standard InChI is InChI=1S/C31H39N3O5S/c1-7-28(30(36)32-31(3,4)5)33(21-24-14-12-16-26(20-24)39-6)29(35)22-34(25-15-11-13-23(2)19-25)40(37,38)27-17-9-8-10-18-27/h8-20,28H,7,21-22H2,1-6H3,(H,32,36)/t28-/m1/s1. The van der Waals surface area contributed by atoms with Crippen molar-refractivity contribution in [1.82, 2.24) is 10.2 Å². The third kappa shape index (κ3) is 7.85. The van der Waals surface area contributed by atoms with Gasteiger partial charge in [-0.05, 0) is 81.6 Å². The molecule has 0 spiro atoms. The van der Waals surface area contributed by atoms with Crippen LogP contribution in [0.3, 0.4) is 0 Å². The van der Waals surface area contributed by atoms with Gasteiger partial charge in [-0.2, -0.15) is 0 Å². The number of benzene rings is 3. The van der Waals surface area contributed by atoms with E-state index < -0.39 is 34.1 Å². The molecule has 0 aromatic heterocycles. The average Bonchev–Trinajstić information content (AvgIpc) is 2.91. The van der Waals surface area contributed by atoms with Gasteiger partial charge in [0.1, 0.15) is 18.3 Å². The second-order valence-electron chi connectivity index (χ2n) is 10.7. The summed E-state index contributed by atoms with van der Waals surface area (Å²) in [5.74, 6) is -0.191. The SMILES string of the molecule is CC[C@H](C(=O)NC(C)(C)C)N(Cc1cccc(OC)c1)C(=O)CN(c1cccc(C)c1)S(=O)(=O)c1ccccc1. The molecule has 3 aromatic carbocycles. The Kier molecular flexibility index (Phi) is 9.98. The Morgan fingerprint density at radius 1 is 0.950 bits per heavy atom. The van der Waals surface area contributed by atoms with Crippen molar-refractivity contribution in [3.63, 3.8) is 0 Å². The highest BCUT2D eigenvalue weighted by Crippen LogP contribution is 2.26. The molecule has 2 amide bonds. The summed E-state index contributed by atoms with van der Waals surface area (Å²) in [6.45, 7) is 8.92. The van der Waals surface area contributed by atoms with Crippen LogP contribution < -0.4 is 14.4 Å². The van der Waals surface area contributed by atoms with Crippen LogP contribution in [0.5, 0.6) is 5.75 Å². The summed E-state index contributed by atoms with van der Waals surface area (Å²) >= 11 is 0. The van der Waals surface area contributed by atoms with Gasteiger partial charge in [-0.15, -0.1) is 0 Å². The minimum atomic E-state index is -4.10. The minimum absolute atomic E-state index is 0.0705. The van der Waals surface area contributed by atoms with Crippen molar-refractivity contribution in [3.05, 3.63) is 90.0 Å². The molecule has 0 saturated carbocycles. The number of nitrogens with one attached hydrogen (secondary N) is 1. The van der Waals surface area contributed by atoms with Gasteiger partial charge in [0.25, 0.3) is 10.0 Å². The highest BCUT2D eigenvalue weighted by molar-refractivity contribution is 7.92. The van der Waals surface area contributed by atoms with Crippen molar-refractivity contribution in [2.75, 3.05) is 18.0 Å². The molecule has 0 aliphatic carbocycles. The minimum Gasteiger partial charge on any atom is -0.497 e. The summed E-state index contributed by atoms with van der Waals surface area (Å²) in [4.78, 5) is 29.1. The topological polar surface area (TPSA) is 96.0 Å². The number of carbonyl (C=O) groups excluding carboxylic acids is 2.